The number of imidazole rings is 2. The number of carbonyl (C=O) groups is 4. The molecule has 0 spiro atoms. The van der Waals surface area contributed by atoms with Crippen molar-refractivity contribution in [2.24, 2.45) is 5.92 Å². The van der Waals surface area contributed by atoms with Crippen LogP contribution in [0.3, 0.4) is 0 Å². The van der Waals surface area contributed by atoms with Gasteiger partial charge in [-0.05, 0) is 89.3 Å². The van der Waals surface area contributed by atoms with Crippen molar-refractivity contribution in [1.82, 2.24) is 45.4 Å². The number of nitrogens with zero attached hydrogens (tertiary/aromatic N) is 4. The van der Waals surface area contributed by atoms with Gasteiger partial charge in [-0.15, -0.1) is 0 Å². The summed E-state index contributed by atoms with van der Waals surface area (Å²) < 4.78 is 31.3. The number of fused-ring (bicyclic) bond motifs is 1. The molecule has 0 bridgehead atoms. The van der Waals surface area contributed by atoms with Crippen molar-refractivity contribution in [3.8, 4) is 33.8 Å². The standard InChI is InChI=1S/C44H56FN9O7/c1-10-53(42(56)38(26(7)61-11-2)52-44(58)60-9)25(6)39-46-22-34(49-39)28-17-24(5)36(30(45)19-28)32-20-29-18-27(14-15-31(29)48-32)33-21-47-40(50-33)35-13-12-16-54(35)41(55)37(23(3)4)51-43(57)59-8/h14-15,17-23,25-26,35,37-38,48H,10-13,16H2,1-9H3,(H,46,49)(H,47,50)(H,51,57)(H,52,58)/t25-,26+,35-,37-,38-/m0/s1. The van der Waals surface area contributed by atoms with Crippen LogP contribution >= 0.6 is 0 Å². The van der Waals surface area contributed by atoms with E-state index < -0.39 is 42.2 Å². The minimum atomic E-state index is -0.988. The molecule has 0 radical (unpaired) electrons. The Kier molecular flexibility index (Phi) is 13.8. The Labute approximate surface area is 354 Å². The van der Waals surface area contributed by atoms with Crippen LogP contribution in [-0.4, -0.2) is 111 Å². The Balaban J connectivity index is 1.19. The van der Waals surface area contributed by atoms with Gasteiger partial charge in [0.05, 0.1) is 56.2 Å². The van der Waals surface area contributed by atoms with E-state index in [0.717, 1.165) is 35.0 Å². The number of hydrogen-bond donors (Lipinski definition) is 5. The minimum absolute atomic E-state index is 0.140. The fourth-order valence-corrected chi connectivity index (χ4v) is 8.09. The molecular weight excluding hydrogens is 786 g/mol. The molecule has 5 N–H and O–H groups in total. The Morgan fingerprint density at radius 2 is 1.57 bits per heavy atom. The zero-order valence-corrected chi connectivity index (χ0v) is 36.1. The summed E-state index contributed by atoms with van der Waals surface area (Å²) in [6.45, 7) is 14.0. The summed E-state index contributed by atoms with van der Waals surface area (Å²) in [5.41, 5.74) is 5.39. The molecule has 1 saturated heterocycles. The highest BCUT2D eigenvalue weighted by Gasteiger charge is 2.38. The molecule has 5 aromatic rings. The van der Waals surface area contributed by atoms with Gasteiger partial charge in [-0.3, -0.25) is 9.59 Å². The lowest BCUT2D eigenvalue weighted by molar-refractivity contribution is -0.139. The number of rotatable bonds is 15. The largest absolute Gasteiger partial charge is 0.453 e. The number of halogens is 1. The van der Waals surface area contributed by atoms with E-state index in [4.69, 9.17) is 14.2 Å². The number of nitrogens with one attached hydrogen (secondary N) is 5. The lowest BCUT2D eigenvalue weighted by Gasteiger charge is -2.33. The molecule has 1 fully saturated rings. The van der Waals surface area contributed by atoms with E-state index in [2.05, 4.69) is 35.6 Å². The molecule has 3 aromatic heterocycles. The number of aromatic amines is 3. The van der Waals surface area contributed by atoms with Crippen molar-refractivity contribution in [2.45, 2.75) is 91.6 Å². The Hall–Kier alpha value is -6.23. The average Bonchev–Trinajstić information content (AvgIpc) is 4.08. The third-order valence-electron chi connectivity index (χ3n) is 11.3. The van der Waals surface area contributed by atoms with Gasteiger partial charge in [0.25, 0.3) is 0 Å². The third-order valence-corrected chi connectivity index (χ3v) is 11.3. The third kappa shape index (κ3) is 9.41. The molecule has 4 amide bonds. The van der Waals surface area contributed by atoms with Crippen LogP contribution in [0.1, 0.15) is 83.7 Å². The molecule has 1 aliphatic heterocycles. The number of ether oxygens (including phenoxy) is 3. The second kappa shape index (κ2) is 19.0. The SMILES string of the molecule is CCO[C@H](C)[C@H](NC(=O)OC)C(=O)N(CC)[C@@H](C)c1ncc(-c2cc(C)c(-c3cc4cc(-c5cnc([C@@H]6CCCN6C(=O)[C@@H](NC(=O)OC)C(C)C)[nH]5)ccc4[nH]3)c(F)c2)[nH]1. The summed E-state index contributed by atoms with van der Waals surface area (Å²) in [5, 5.41) is 6.16. The van der Waals surface area contributed by atoms with E-state index in [9.17, 15) is 19.2 Å². The molecule has 5 atom stereocenters. The van der Waals surface area contributed by atoms with Gasteiger partial charge in [0.15, 0.2) is 0 Å². The quantitative estimate of drug-likeness (QED) is 0.0725. The number of aryl methyl sites for hydroxylation is 1. The smallest absolute Gasteiger partial charge is 0.407 e. The predicted octanol–water partition coefficient (Wildman–Crippen LogP) is 7.17. The number of hydrogen-bond acceptors (Lipinski definition) is 9. The molecule has 0 aliphatic carbocycles. The fraction of sp³-hybridized carbons (Fsp3) is 0.455. The van der Waals surface area contributed by atoms with Gasteiger partial charge in [-0.25, -0.2) is 23.9 Å². The second-order valence-electron chi connectivity index (χ2n) is 15.6. The van der Waals surface area contributed by atoms with Gasteiger partial charge in [0.2, 0.25) is 11.8 Å². The zero-order valence-electron chi connectivity index (χ0n) is 36.1. The maximum Gasteiger partial charge on any atom is 0.407 e. The maximum absolute atomic E-state index is 16.2. The summed E-state index contributed by atoms with van der Waals surface area (Å²) >= 11 is 0. The molecule has 0 saturated carbocycles. The van der Waals surface area contributed by atoms with Crippen molar-refractivity contribution in [3.63, 3.8) is 0 Å². The van der Waals surface area contributed by atoms with Crippen molar-refractivity contribution >= 4 is 34.9 Å². The predicted molar refractivity (Wildman–Crippen MR) is 228 cm³/mol. The van der Waals surface area contributed by atoms with Gasteiger partial charge in [0, 0.05) is 53.0 Å². The van der Waals surface area contributed by atoms with E-state index in [1.807, 2.05) is 71.9 Å². The topological polar surface area (TPSA) is 200 Å². The molecule has 2 aromatic carbocycles. The summed E-state index contributed by atoms with van der Waals surface area (Å²) in [7, 11) is 2.50. The molecule has 326 valence electrons. The monoisotopic (exact) mass is 841 g/mol. The number of carbonyl (C=O) groups excluding carboxylic acids is 4. The molecular formula is C44H56FN9O7. The minimum Gasteiger partial charge on any atom is -0.453 e. The second-order valence-corrected chi connectivity index (χ2v) is 15.6. The number of likely N-dealkylation sites (tertiary alicyclic amines) is 1. The van der Waals surface area contributed by atoms with Crippen molar-refractivity contribution in [2.75, 3.05) is 33.9 Å². The summed E-state index contributed by atoms with van der Waals surface area (Å²) in [6, 6.07) is 8.66. The highest BCUT2D eigenvalue weighted by atomic mass is 19.1. The normalized spacial score (nSPS) is 16.0. The van der Waals surface area contributed by atoms with Gasteiger partial charge in [0.1, 0.15) is 29.5 Å². The van der Waals surface area contributed by atoms with Crippen LogP contribution in [0.2, 0.25) is 0 Å². The molecule has 17 heteroatoms. The first-order chi connectivity index (χ1) is 29.2. The number of likely N-dealkylation sites (N-methyl/N-ethyl adjacent to an activating group) is 1. The number of aromatic nitrogens is 5. The number of benzene rings is 2. The first-order valence-corrected chi connectivity index (χ1v) is 20.6. The van der Waals surface area contributed by atoms with E-state index in [1.54, 1.807) is 29.1 Å². The molecule has 6 rings (SSSR count). The van der Waals surface area contributed by atoms with Crippen LogP contribution < -0.4 is 10.6 Å². The van der Waals surface area contributed by atoms with E-state index in [-0.39, 0.29) is 23.8 Å². The van der Waals surface area contributed by atoms with E-state index in [1.165, 1.54) is 20.3 Å². The Morgan fingerprint density at radius 1 is 0.885 bits per heavy atom. The summed E-state index contributed by atoms with van der Waals surface area (Å²) in [4.78, 5) is 74.2. The lowest BCUT2D eigenvalue weighted by Crippen LogP contribution is -2.54. The number of alkyl carbamates (subject to hydrolysis) is 2. The molecule has 1 aliphatic rings. The van der Waals surface area contributed by atoms with Crippen molar-refractivity contribution in [1.29, 1.82) is 0 Å². The maximum atomic E-state index is 16.2. The number of amides is 4. The average molecular weight is 842 g/mol. The molecule has 61 heavy (non-hydrogen) atoms. The molecule has 16 nitrogen and oxygen atoms in total. The Morgan fingerprint density at radius 3 is 2.23 bits per heavy atom. The van der Waals surface area contributed by atoms with Crippen LogP contribution in [0.25, 0.3) is 44.7 Å². The Bertz CT molecular complexity index is 2350. The van der Waals surface area contributed by atoms with Gasteiger partial charge < -0.3 is 49.6 Å². The number of H-pyrrole nitrogens is 3. The molecule has 0 unspecified atom stereocenters. The van der Waals surface area contributed by atoms with Crippen LogP contribution in [0, 0.1) is 18.7 Å². The first kappa shape index (κ1) is 44.3. The van der Waals surface area contributed by atoms with Crippen LogP contribution in [-0.2, 0) is 23.8 Å². The van der Waals surface area contributed by atoms with Crippen molar-refractivity contribution in [3.05, 3.63) is 71.8 Å². The van der Waals surface area contributed by atoms with Gasteiger partial charge in [-0.1, -0.05) is 19.9 Å². The summed E-state index contributed by atoms with van der Waals surface area (Å²) in [6.07, 6.45) is 2.90. The van der Waals surface area contributed by atoms with Gasteiger partial charge >= 0.3 is 12.2 Å². The van der Waals surface area contributed by atoms with Crippen molar-refractivity contribution < 1.29 is 37.8 Å². The lowest BCUT2D eigenvalue weighted by atomic mass is 10.00. The first-order valence-electron chi connectivity index (χ1n) is 20.6. The molecule has 4 heterocycles. The van der Waals surface area contributed by atoms with Crippen LogP contribution in [0.5, 0.6) is 0 Å². The van der Waals surface area contributed by atoms with Crippen LogP contribution in [0.4, 0.5) is 14.0 Å². The fourth-order valence-electron chi connectivity index (χ4n) is 8.09. The summed E-state index contributed by atoms with van der Waals surface area (Å²) in [5.74, 6) is 0.0557. The highest BCUT2D eigenvalue weighted by Crippen LogP contribution is 2.36. The van der Waals surface area contributed by atoms with E-state index >= 15 is 4.39 Å². The highest BCUT2D eigenvalue weighted by molar-refractivity contribution is 5.90. The van der Waals surface area contributed by atoms with Crippen LogP contribution in [0.15, 0.2) is 48.8 Å². The number of methoxy groups -OCH3 is 2. The zero-order chi connectivity index (χ0) is 44.1. The van der Waals surface area contributed by atoms with Gasteiger partial charge in [-0.2, -0.15) is 0 Å². The van der Waals surface area contributed by atoms with E-state index in [0.29, 0.717) is 59.4 Å².